The molecule has 1 saturated carbocycles. The normalized spacial score (nSPS) is 20.1. The molecule has 0 aliphatic heterocycles. The highest BCUT2D eigenvalue weighted by Gasteiger charge is 2.24. The minimum atomic E-state index is 0.0825. The molecule has 1 fully saturated rings. The fraction of sp³-hybridized carbons (Fsp3) is 0.909. The number of nitrogens with one attached hydrogen (secondary N) is 1. The van der Waals surface area contributed by atoms with Crippen molar-refractivity contribution in [3.05, 3.63) is 0 Å². The molecule has 2 unspecified atom stereocenters. The van der Waals surface area contributed by atoms with Gasteiger partial charge in [0.15, 0.2) is 0 Å². The Bertz CT molecular complexity index is 196. The van der Waals surface area contributed by atoms with Crippen molar-refractivity contribution < 1.29 is 0 Å². The Hall–Kier alpha value is -0.200. The topological polar surface area (TPSA) is 35.8 Å². The van der Waals surface area contributed by atoms with Crippen LogP contribution in [-0.4, -0.2) is 23.1 Å². The van der Waals surface area contributed by atoms with E-state index in [0.717, 1.165) is 17.4 Å². The monoisotopic (exact) mass is 212 g/mol. The Kier molecular flexibility index (Phi) is 5.36. The predicted molar refractivity (Wildman–Crippen MR) is 62.4 cm³/mol. The number of rotatable bonds is 7. The number of nitrogens with zero attached hydrogens (tertiary/aromatic N) is 1. The average molecular weight is 212 g/mol. The molecule has 0 heterocycles. The Morgan fingerprint density at radius 2 is 2.29 bits per heavy atom. The molecule has 0 aromatic rings. The average Bonchev–Trinajstić information content (AvgIpc) is 2.99. The van der Waals surface area contributed by atoms with E-state index >= 15 is 0 Å². The molecular weight excluding hydrogens is 192 g/mol. The molecule has 1 aliphatic carbocycles. The van der Waals surface area contributed by atoms with Crippen molar-refractivity contribution in [3.63, 3.8) is 0 Å². The summed E-state index contributed by atoms with van der Waals surface area (Å²) in [6.07, 6.45) is 4.73. The molecule has 0 radical (unpaired) electrons. The molecule has 1 rings (SSSR count). The second-order valence-electron chi connectivity index (χ2n) is 4.00. The van der Waals surface area contributed by atoms with Crippen LogP contribution in [0.1, 0.15) is 39.5 Å². The fourth-order valence-electron chi connectivity index (χ4n) is 1.22. The van der Waals surface area contributed by atoms with Crippen LogP contribution in [0, 0.1) is 11.3 Å². The van der Waals surface area contributed by atoms with Gasteiger partial charge in [-0.15, -0.1) is 0 Å². The highest BCUT2D eigenvalue weighted by atomic mass is 32.2. The second-order valence-corrected chi connectivity index (χ2v) is 5.55. The van der Waals surface area contributed by atoms with E-state index in [9.17, 15) is 0 Å². The maximum Gasteiger partial charge on any atom is 0.0963 e. The van der Waals surface area contributed by atoms with E-state index in [-0.39, 0.29) is 6.04 Å². The van der Waals surface area contributed by atoms with Crippen molar-refractivity contribution in [1.29, 1.82) is 5.26 Å². The second kappa shape index (κ2) is 6.31. The third kappa shape index (κ3) is 4.88. The minimum absolute atomic E-state index is 0.0825. The van der Waals surface area contributed by atoms with E-state index in [1.807, 2.05) is 11.8 Å². The first-order chi connectivity index (χ1) is 6.76. The van der Waals surface area contributed by atoms with Crippen molar-refractivity contribution >= 4 is 11.8 Å². The van der Waals surface area contributed by atoms with Gasteiger partial charge in [-0.25, -0.2) is 0 Å². The molecule has 0 aromatic carbocycles. The van der Waals surface area contributed by atoms with Gasteiger partial charge in [-0.3, -0.25) is 5.32 Å². The smallest absolute Gasteiger partial charge is 0.0963 e. The van der Waals surface area contributed by atoms with Crippen molar-refractivity contribution in [1.82, 2.24) is 5.32 Å². The standard InChI is InChI=1S/C11H20N2S/c1-3-9(2)14-7-6-11(8-12)13-10-4-5-10/h9-11,13H,3-7H2,1-2H3. The molecule has 14 heavy (non-hydrogen) atoms. The maximum absolute atomic E-state index is 8.90. The van der Waals surface area contributed by atoms with Crippen LogP contribution in [0.4, 0.5) is 0 Å². The third-order valence-electron chi connectivity index (χ3n) is 2.55. The molecule has 0 aromatic heterocycles. The van der Waals surface area contributed by atoms with Gasteiger partial charge in [-0.2, -0.15) is 17.0 Å². The van der Waals surface area contributed by atoms with Crippen LogP contribution in [0.3, 0.4) is 0 Å². The summed E-state index contributed by atoms with van der Waals surface area (Å²) in [4.78, 5) is 0. The molecular formula is C11H20N2S. The van der Waals surface area contributed by atoms with Crippen LogP contribution >= 0.6 is 11.8 Å². The van der Waals surface area contributed by atoms with Gasteiger partial charge in [-0.05, 0) is 31.4 Å². The first-order valence-corrected chi connectivity index (χ1v) is 6.58. The maximum atomic E-state index is 8.90. The van der Waals surface area contributed by atoms with Crippen molar-refractivity contribution in [2.24, 2.45) is 0 Å². The molecule has 2 atom stereocenters. The Morgan fingerprint density at radius 1 is 1.57 bits per heavy atom. The molecule has 0 amide bonds. The van der Waals surface area contributed by atoms with Crippen LogP contribution in [-0.2, 0) is 0 Å². The quantitative estimate of drug-likeness (QED) is 0.704. The zero-order valence-electron chi connectivity index (χ0n) is 9.12. The molecule has 80 valence electrons. The highest BCUT2D eigenvalue weighted by Crippen LogP contribution is 2.21. The van der Waals surface area contributed by atoms with Gasteiger partial charge in [0.25, 0.3) is 0 Å². The summed E-state index contributed by atoms with van der Waals surface area (Å²) in [5.41, 5.74) is 0. The summed E-state index contributed by atoms with van der Waals surface area (Å²) in [5.74, 6) is 1.10. The van der Waals surface area contributed by atoms with Gasteiger partial charge in [0, 0.05) is 11.3 Å². The van der Waals surface area contributed by atoms with Crippen LogP contribution in [0.2, 0.25) is 0 Å². The number of thioether (sulfide) groups is 1. The van der Waals surface area contributed by atoms with Crippen molar-refractivity contribution in [3.8, 4) is 6.07 Å². The summed E-state index contributed by atoms with van der Waals surface area (Å²) >= 11 is 1.98. The van der Waals surface area contributed by atoms with Crippen LogP contribution in [0.25, 0.3) is 0 Å². The van der Waals surface area contributed by atoms with Crippen LogP contribution in [0.15, 0.2) is 0 Å². The van der Waals surface area contributed by atoms with E-state index < -0.39 is 0 Å². The fourth-order valence-corrected chi connectivity index (χ4v) is 2.23. The van der Waals surface area contributed by atoms with Crippen molar-refractivity contribution in [2.75, 3.05) is 5.75 Å². The summed E-state index contributed by atoms with van der Waals surface area (Å²) < 4.78 is 0. The van der Waals surface area contributed by atoms with E-state index in [2.05, 4.69) is 25.2 Å². The highest BCUT2D eigenvalue weighted by molar-refractivity contribution is 7.99. The van der Waals surface area contributed by atoms with Gasteiger partial charge < -0.3 is 0 Å². The molecule has 3 heteroatoms. The predicted octanol–water partition coefficient (Wildman–Crippen LogP) is 2.55. The van der Waals surface area contributed by atoms with Crippen LogP contribution in [0.5, 0.6) is 0 Å². The Morgan fingerprint density at radius 3 is 2.79 bits per heavy atom. The van der Waals surface area contributed by atoms with Crippen molar-refractivity contribution in [2.45, 2.75) is 56.9 Å². The van der Waals surface area contributed by atoms with E-state index in [1.54, 1.807) is 0 Å². The first kappa shape index (κ1) is 11.9. The van der Waals surface area contributed by atoms with Gasteiger partial charge in [-0.1, -0.05) is 13.8 Å². The van der Waals surface area contributed by atoms with Gasteiger partial charge in [0.1, 0.15) is 0 Å². The lowest BCUT2D eigenvalue weighted by molar-refractivity contribution is 0.586. The third-order valence-corrected chi connectivity index (χ3v) is 3.93. The van der Waals surface area contributed by atoms with Gasteiger partial charge in [0.2, 0.25) is 0 Å². The summed E-state index contributed by atoms with van der Waals surface area (Å²) in [7, 11) is 0. The SMILES string of the molecule is CCC(C)SCCC(C#N)NC1CC1. The lowest BCUT2D eigenvalue weighted by Gasteiger charge is -2.12. The lowest BCUT2D eigenvalue weighted by atomic mass is 10.2. The summed E-state index contributed by atoms with van der Waals surface area (Å²) in [5, 5.41) is 13.0. The van der Waals surface area contributed by atoms with Crippen LogP contribution < -0.4 is 5.32 Å². The zero-order chi connectivity index (χ0) is 10.4. The van der Waals surface area contributed by atoms with Gasteiger partial charge in [0.05, 0.1) is 12.1 Å². The van der Waals surface area contributed by atoms with E-state index in [4.69, 9.17) is 5.26 Å². The summed E-state index contributed by atoms with van der Waals surface area (Å²) in [6.45, 7) is 4.46. The van der Waals surface area contributed by atoms with E-state index in [0.29, 0.717) is 6.04 Å². The van der Waals surface area contributed by atoms with Gasteiger partial charge >= 0.3 is 0 Å². The number of hydrogen-bond acceptors (Lipinski definition) is 3. The largest absolute Gasteiger partial charge is 0.299 e. The number of nitriles is 1. The summed E-state index contributed by atoms with van der Waals surface area (Å²) in [6, 6.07) is 3.07. The Labute approximate surface area is 91.4 Å². The first-order valence-electron chi connectivity index (χ1n) is 5.53. The Balaban J connectivity index is 2.05. The molecule has 2 nitrogen and oxygen atoms in total. The molecule has 0 saturated heterocycles. The number of hydrogen-bond donors (Lipinski definition) is 1. The molecule has 1 aliphatic rings. The zero-order valence-corrected chi connectivity index (χ0v) is 9.94. The van der Waals surface area contributed by atoms with E-state index in [1.165, 1.54) is 19.3 Å². The molecule has 0 spiro atoms. The molecule has 1 N–H and O–H groups in total. The lowest BCUT2D eigenvalue weighted by Crippen LogP contribution is -2.30. The minimum Gasteiger partial charge on any atom is -0.299 e. The molecule has 0 bridgehead atoms.